The molecule has 30 heavy (non-hydrogen) atoms. The number of aliphatic hydroxyl groups is 2. The van der Waals surface area contributed by atoms with E-state index < -0.39 is 79.0 Å². The molecular formula is C18H26O12. The van der Waals surface area contributed by atoms with Crippen LogP contribution in [-0.4, -0.2) is 82.8 Å². The molecule has 1 saturated carbocycles. The van der Waals surface area contributed by atoms with Crippen molar-refractivity contribution in [3.8, 4) is 0 Å². The fourth-order valence-corrected chi connectivity index (χ4v) is 3.24. The number of carbonyl (C=O) groups is 5. The first-order valence-electron chi connectivity index (χ1n) is 9.02. The Kier molecular flexibility index (Phi) is 8.73. The summed E-state index contributed by atoms with van der Waals surface area (Å²) in [6.45, 7) is 4.74. The van der Waals surface area contributed by atoms with Gasteiger partial charge in [0.05, 0.1) is 6.61 Å². The zero-order chi connectivity index (χ0) is 23.2. The molecule has 0 aromatic carbocycles. The largest absolute Gasteiger partial charge is 0.466 e. The quantitative estimate of drug-likeness (QED) is 0.361. The second kappa shape index (κ2) is 10.3. The van der Waals surface area contributed by atoms with Crippen molar-refractivity contribution in [3.05, 3.63) is 0 Å². The number of esters is 5. The zero-order valence-electron chi connectivity index (χ0n) is 17.3. The van der Waals surface area contributed by atoms with Crippen molar-refractivity contribution < 1.29 is 57.9 Å². The Morgan fingerprint density at radius 2 is 1.13 bits per heavy atom. The summed E-state index contributed by atoms with van der Waals surface area (Å²) >= 11 is 0. The van der Waals surface area contributed by atoms with Gasteiger partial charge in [0.25, 0.3) is 0 Å². The third kappa shape index (κ3) is 6.39. The van der Waals surface area contributed by atoms with E-state index in [0.717, 1.165) is 34.6 Å². The van der Waals surface area contributed by atoms with Crippen molar-refractivity contribution in [2.75, 3.05) is 6.61 Å². The minimum Gasteiger partial charge on any atom is -0.466 e. The molecule has 1 fully saturated rings. The maximum Gasteiger partial charge on any atom is 0.303 e. The molecule has 12 heteroatoms. The topological polar surface area (TPSA) is 172 Å². The molecule has 0 radical (unpaired) electrons. The van der Waals surface area contributed by atoms with Crippen LogP contribution in [0.2, 0.25) is 0 Å². The standard InChI is InChI=1S/C18H26O12/c1-8(19)26-7-6-18(25)16(24)14(28-10(3)21)13(27-9(2)20)15(29-11(4)22)17(18)30-12(5)23/h13-17,24-25H,6-7H2,1-5H3/t13-,14?,15?,16?,17?,18+/m1/s1. The minimum absolute atomic E-state index is 0.418. The smallest absolute Gasteiger partial charge is 0.303 e. The first-order valence-corrected chi connectivity index (χ1v) is 9.02. The molecule has 0 amide bonds. The van der Waals surface area contributed by atoms with Gasteiger partial charge in [-0.2, -0.15) is 0 Å². The Bertz CT molecular complexity index is 689. The maximum absolute atomic E-state index is 11.7. The van der Waals surface area contributed by atoms with Crippen LogP contribution < -0.4 is 0 Å². The molecule has 0 aromatic rings. The Balaban J connectivity index is 3.53. The molecule has 0 spiro atoms. The van der Waals surface area contributed by atoms with Crippen LogP contribution in [0, 0.1) is 0 Å². The number of carbonyl (C=O) groups excluding carboxylic acids is 5. The highest BCUT2D eigenvalue weighted by atomic mass is 16.6. The molecule has 1 aliphatic rings. The number of ether oxygens (including phenoxy) is 5. The van der Waals surface area contributed by atoms with Crippen molar-refractivity contribution in [3.63, 3.8) is 0 Å². The molecule has 1 rings (SSSR count). The van der Waals surface area contributed by atoms with Gasteiger partial charge >= 0.3 is 29.8 Å². The molecule has 0 aliphatic heterocycles. The van der Waals surface area contributed by atoms with Crippen molar-refractivity contribution in [2.24, 2.45) is 0 Å². The molecule has 0 heterocycles. The predicted molar refractivity (Wildman–Crippen MR) is 94.4 cm³/mol. The number of rotatable bonds is 7. The van der Waals surface area contributed by atoms with Crippen LogP contribution in [0.1, 0.15) is 41.0 Å². The lowest BCUT2D eigenvalue weighted by atomic mass is 9.72. The molecule has 0 saturated heterocycles. The summed E-state index contributed by atoms with van der Waals surface area (Å²) in [4.78, 5) is 57.6. The van der Waals surface area contributed by atoms with Crippen LogP contribution in [0.4, 0.5) is 0 Å². The van der Waals surface area contributed by atoms with Gasteiger partial charge in [0.1, 0.15) is 11.7 Å². The van der Waals surface area contributed by atoms with E-state index in [1.807, 2.05) is 0 Å². The van der Waals surface area contributed by atoms with Crippen LogP contribution in [0.3, 0.4) is 0 Å². The highest BCUT2D eigenvalue weighted by molar-refractivity contribution is 5.69. The molecular weight excluding hydrogens is 408 g/mol. The van der Waals surface area contributed by atoms with Crippen molar-refractivity contribution >= 4 is 29.8 Å². The van der Waals surface area contributed by atoms with Crippen molar-refractivity contribution in [1.82, 2.24) is 0 Å². The van der Waals surface area contributed by atoms with Gasteiger partial charge in [-0.25, -0.2) is 0 Å². The Labute approximate surface area is 172 Å². The van der Waals surface area contributed by atoms with Gasteiger partial charge in [0.2, 0.25) is 0 Å². The average Bonchev–Trinajstić information content (AvgIpc) is 2.58. The zero-order valence-corrected chi connectivity index (χ0v) is 17.3. The third-order valence-electron chi connectivity index (χ3n) is 4.27. The van der Waals surface area contributed by atoms with E-state index >= 15 is 0 Å². The van der Waals surface area contributed by atoms with Crippen LogP contribution in [0.25, 0.3) is 0 Å². The van der Waals surface area contributed by atoms with Crippen molar-refractivity contribution in [1.29, 1.82) is 0 Å². The lowest BCUT2D eigenvalue weighted by Gasteiger charge is -2.51. The van der Waals surface area contributed by atoms with Gasteiger partial charge in [0.15, 0.2) is 24.4 Å². The van der Waals surface area contributed by atoms with E-state index in [1.54, 1.807) is 0 Å². The highest BCUT2D eigenvalue weighted by Gasteiger charge is 2.64. The number of hydrogen-bond donors (Lipinski definition) is 2. The van der Waals surface area contributed by atoms with Crippen LogP contribution >= 0.6 is 0 Å². The number of hydrogen-bond acceptors (Lipinski definition) is 12. The first kappa shape index (κ1) is 25.3. The lowest BCUT2D eigenvalue weighted by Crippen LogP contribution is -2.73. The fourth-order valence-electron chi connectivity index (χ4n) is 3.24. The van der Waals surface area contributed by atoms with E-state index in [1.165, 1.54) is 0 Å². The molecule has 4 unspecified atom stereocenters. The van der Waals surface area contributed by atoms with Crippen molar-refractivity contribution in [2.45, 2.75) is 77.2 Å². The van der Waals surface area contributed by atoms with Gasteiger partial charge in [-0.1, -0.05) is 0 Å². The Morgan fingerprint density at radius 1 is 0.700 bits per heavy atom. The predicted octanol–water partition coefficient (Wildman–Crippen LogP) is -1.23. The van der Waals surface area contributed by atoms with Crippen LogP contribution in [-0.2, 0) is 47.7 Å². The second-order valence-corrected chi connectivity index (χ2v) is 6.78. The van der Waals surface area contributed by atoms with Crippen LogP contribution in [0.15, 0.2) is 0 Å². The van der Waals surface area contributed by atoms with Gasteiger partial charge < -0.3 is 33.9 Å². The Morgan fingerprint density at radius 3 is 1.57 bits per heavy atom. The summed E-state index contributed by atoms with van der Waals surface area (Å²) < 4.78 is 25.2. The number of aliphatic hydroxyl groups excluding tert-OH is 1. The monoisotopic (exact) mass is 434 g/mol. The first-order chi connectivity index (χ1) is 13.8. The third-order valence-corrected chi connectivity index (χ3v) is 4.27. The summed E-state index contributed by atoms with van der Waals surface area (Å²) in [5.41, 5.74) is -2.40. The van der Waals surface area contributed by atoms with Gasteiger partial charge in [-0.15, -0.1) is 0 Å². The summed E-state index contributed by atoms with van der Waals surface area (Å²) in [7, 11) is 0. The molecule has 12 nitrogen and oxygen atoms in total. The second-order valence-electron chi connectivity index (χ2n) is 6.78. The van der Waals surface area contributed by atoms with Gasteiger partial charge in [-0.05, 0) is 0 Å². The lowest BCUT2D eigenvalue weighted by molar-refractivity contribution is -0.285. The summed E-state index contributed by atoms with van der Waals surface area (Å²) in [6, 6.07) is 0. The van der Waals surface area contributed by atoms with E-state index in [2.05, 4.69) is 0 Å². The molecule has 1 aliphatic carbocycles. The minimum atomic E-state index is -2.40. The fraction of sp³-hybridized carbons (Fsp3) is 0.722. The van der Waals surface area contributed by atoms with E-state index in [9.17, 15) is 34.2 Å². The molecule has 6 atom stereocenters. The SMILES string of the molecule is CC(=O)OCC[C@]1(O)C(O)C(OC(C)=O)[C@@H](OC(C)=O)C(OC(C)=O)C1OC(C)=O. The maximum atomic E-state index is 11.7. The summed E-state index contributed by atoms with van der Waals surface area (Å²) in [5.74, 6) is -4.27. The summed E-state index contributed by atoms with van der Waals surface area (Å²) in [5, 5.41) is 22.1. The molecule has 0 bridgehead atoms. The molecule has 170 valence electrons. The molecule has 0 aromatic heterocycles. The van der Waals surface area contributed by atoms with E-state index in [0.29, 0.717) is 0 Å². The van der Waals surface area contributed by atoms with E-state index in [-0.39, 0.29) is 0 Å². The van der Waals surface area contributed by atoms with Gasteiger partial charge in [-0.3, -0.25) is 24.0 Å². The average molecular weight is 434 g/mol. The van der Waals surface area contributed by atoms with Crippen LogP contribution in [0.5, 0.6) is 0 Å². The van der Waals surface area contributed by atoms with Gasteiger partial charge in [0, 0.05) is 41.0 Å². The summed E-state index contributed by atoms with van der Waals surface area (Å²) in [6.07, 6.45) is -9.16. The van der Waals surface area contributed by atoms with E-state index in [4.69, 9.17) is 23.7 Å². The normalized spacial score (nSPS) is 30.6. The Hall–Kier alpha value is -2.73. The molecule has 2 N–H and O–H groups in total. The highest BCUT2D eigenvalue weighted by Crippen LogP contribution is 2.39.